The predicted octanol–water partition coefficient (Wildman–Crippen LogP) is 3.28. The molecule has 1 aliphatic carbocycles. The van der Waals surface area contributed by atoms with Crippen LogP contribution in [-0.2, 0) is 17.2 Å². The van der Waals surface area contributed by atoms with Crippen LogP contribution in [-0.4, -0.2) is 59.2 Å². The van der Waals surface area contributed by atoms with E-state index in [-0.39, 0.29) is 28.6 Å². The van der Waals surface area contributed by atoms with Crippen molar-refractivity contribution in [3.05, 3.63) is 81.5 Å². The van der Waals surface area contributed by atoms with E-state index >= 15 is 0 Å². The van der Waals surface area contributed by atoms with Crippen molar-refractivity contribution in [2.75, 3.05) is 13.7 Å². The number of hydrogen-bond acceptors (Lipinski definition) is 8. The Balaban J connectivity index is 0.000000270. The van der Waals surface area contributed by atoms with Crippen LogP contribution in [0.4, 0.5) is 0 Å². The maximum Gasteiger partial charge on any atom is 0.347 e. The minimum absolute atomic E-state index is 0.0666. The number of hydrogen-bond donors (Lipinski definition) is 2. The van der Waals surface area contributed by atoms with Gasteiger partial charge in [0, 0.05) is 36.5 Å². The molecule has 0 amide bonds. The largest absolute Gasteiger partial charge is 0.493 e. The van der Waals surface area contributed by atoms with E-state index in [1.54, 1.807) is 38.7 Å². The molecule has 1 saturated carbocycles. The summed E-state index contributed by atoms with van der Waals surface area (Å²) >= 11 is 0. The Morgan fingerprint density at radius 1 is 1.13 bits per heavy atom. The van der Waals surface area contributed by atoms with Gasteiger partial charge in [0.15, 0.2) is 11.5 Å². The Kier molecular flexibility index (Phi) is 8.53. The third kappa shape index (κ3) is 6.38. The highest BCUT2D eigenvalue weighted by atomic mass is 32.2. The molecule has 208 valence electrons. The number of nitrogens with zero attached hydrogens (tertiary/aromatic N) is 3. The van der Waals surface area contributed by atoms with Crippen LogP contribution in [0.3, 0.4) is 0 Å². The van der Waals surface area contributed by atoms with Crippen LogP contribution >= 0.6 is 0 Å². The van der Waals surface area contributed by atoms with E-state index in [1.807, 2.05) is 26.0 Å². The number of fused-ring (bicyclic) bond motifs is 3. The SMILES string of the molecule is CCOc1cc2c(cc1OC)C(c1cnc(=O)n(C)c1)=N[C@@H]1CC[C@@H](O)C[C@H]21.Cc1ccc(S(=O)(=O)O)cc1. The Morgan fingerprint density at radius 3 is 2.46 bits per heavy atom. The summed E-state index contributed by atoms with van der Waals surface area (Å²) in [5, 5.41) is 10.2. The third-order valence-corrected chi connectivity index (χ3v) is 7.78. The van der Waals surface area contributed by atoms with Crippen LogP contribution in [0.15, 0.2) is 63.5 Å². The third-order valence-electron chi connectivity index (χ3n) is 6.91. The average molecular weight is 556 g/mol. The normalized spacial score (nSPS) is 20.1. The summed E-state index contributed by atoms with van der Waals surface area (Å²) in [6, 6.07) is 10.0. The van der Waals surface area contributed by atoms with E-state index in [2.05, 4.69) is 4.98 Å². The van der Waals surface area contributed by atoms with Crippen LogP contribution in [0.2, 0.25) is 0 Å². The van der Waals surface area contributed by atoms with Gasteiger partial charge in [-0.15, -0.1) is 0 Å². The molecule has 2 heterocycles. The zero-order valence-electron chi connectivity index (χ0n) is 22.4. The lowest BCUT2D eigenvalue weighted by molar-refractivity contribution is 0.111. The lowest BCUT2D eigenvalue weighted by Gasteiger charge is -2.37. The molecule has 1 fully saturated rings. The Hall–Kier alpha value is -3.54. The van der Waals surface area contributed by atoms with E-state index in [4.69, 9.17) is 19.0 Å². The topological polar surface area (TPSA) is 140 Å². The standard InChI is InChI=1S/C21H25N3O4.C7H8O3S/c1-4-28-19-8-14-15-7-13(25)5-6-17(15)23-20(16(14)9-18(19)27-3)12-10-22-21(26)24(2)11-12;1-6-2-4-7(5-3-6)11(8,9)10/h8-11,13,15,17,25H,4-7H2,1-3H3;2-5H,1H3,(H,8,9,10)/t13-,15-,17-;/m1./s1. The number of aliphatic hydroxyl groups excluding tert-OH is 1. The number of methoxy groups -OCH3 is 1. The highest BCUT2D eigenvalue weighted by molar-refractivity contribution is 7.85. The van der Waals surface area contributed by atoms with E-state index in [0.717, 1.165) is 40.8 Å². The van der Waals surface area contributed by atoms with Gasteiger partial charge in [-0.3, -0.25) is 9.55 Å². The Labute approximate surface area is 227 Å². The second-order valence-corrected chi connectivity index (χ2v) is 11.1. The zero-order chi connectivity index (χ0) is 28.3. The van der Waals surface area contributed by atoms with Crippen LogP contribution in [0.5, 0.6) is 11.5 Å². The molecule has 3 atom stereocenters. The van der Waals surface area contributed by atoms with Crippen LogP contribution in [0.1, 0.15) is 54.4 Å². The molecular formula is C28H33N3O7S. The first kappa shape index (κ1) is 28.5. The molecule has 11 heteroatoms. The smallest absolute Gasteiger partial charge is 0.347 e. The number of ether oxygens (including phenoxy) is 2. The molecule has 0 radical (unpaired) electrons. The van der Waals surface area contributed by atoms with Crippen LogP contribution in [0.25, 0.3) is 0 Å². The summed E-state index contributed by atoms with van der Waals surface area (Å²) in [5.74, 6) is 1.47. The number of aliphatic imine (C=N–C) groups is 1. The van der Waals surface area contributed by atoms with Crippen molar-refractivity contribution in [2.24, 2.45) is 12.0 Å². The molecule has 2 aromatic carbocycles. The van der Waals surface area contributed by atoms with Gasteiger partial charge in [0.2, 0.25) is 0 Å². The van der Waals surface area contributed by atoms with E-state index in [1.165, 1.54) is 16.7 Å². The maximum atomic E-state index is 11.7. The lowest BCUT2D eigenvalue weighted by Crippen LogP contribution is -2.34. The first-order valence-corrected chi connectivity index (χ1v) is 14.1. The molecular weight excluding hydrogens is 522 g/mol. The summed E-state index contributed by atoms with van der Waals surface area (Å²) in [6.45, 7) is 4.32. The number of aryl methyl sites for hydroxylation is 2. The fourth-order valence-corrected chi connectivity index (χ4v) is 5.43. The lowest BCUT2D eigenvalue weighted by atomic mass is 9.74. The van der Waals surface area contributed by atoms with E-state index in [0.29, 0.717) is 24.5 Å². The summed E-state index contributed by atoms with van der Waals surface area (Å²) in [4.78, 5) is 20.7. The molecule has 0 bridgehead atoms. The maximum absolute atomic E-state index is 11.7. The van der Waals surface area contributed by atoms with Crippen molar-refractivity contribution in [1.29, 1.82) is 0 Å². The van der Waals surface area contributed by atoms with Gasteiger partial charge in [0.25, 0.3) is 10.1 Å². The molecule has 39 heavy (non-hydrogen) atoms. The van der Waals surface area contributed by atoms with Gasteiger partial charge in [-0.1, -0.05) is 17.7 Å². The second kappa shape index (κ2) is 11.7. The summed E-state index contributed by atoms with van der Waals surface area (Å²) in [5.41, 5.74) is 4.29. The van der Waals surface area contributed by atoms with Crippen molar-refractivity contribution >= 4 is 15.8 Å². The molecule has 3 aromatic rings. The quantitative estimate of drug-likeness (QED) is 0.457. The van der Waals surface area contributed by atoms with Crippen molar-refractivity contribution in [3.63, 3.8) is 0 Å². The molecule has 0 spiro atoms. The van der Waals surface area contributed by atoms with Crippen molar-refractivity contribution in [3.8, 4) is 11.5 Å². The minimum Gasteiger partial charge on any atom is -0.493 e. The monoisotopic (exact) mass is 555 g/mol. The zero-order valence-corrected chi connectivity index (χ0v) is 23.2. The van der Waals surface area contributed by atoms with E-state index < -0.39 is 10.1 Å². The fourth-order valence-electron chi connectivity index (χ4n) is 4.95. The van der Waals surface area contributed by atoms with E-state index in [9.17, 15) is 18.3 Å². The molecule has 5 rings (SSSR count). The first-order chi connectivity index (χ1) is 18.5. The number of aliphatic hydroxyl groups is 1. The van der Waals surface area contributed by atoms with Gasteiger partial charge in [0.05, 0.1) is 36.5 Å². The molecule has 0 unspecified atom stereocenters. The molecule has 10 nitrogen and oxygen atoms in total. The molecule has 1 aromatic heterocycles. The molecule has 2 N–H and O–H groups in total. The van der Waals surface area contributed by atoms with Gasteiger partial charge >= 0.3 is 5.69 Å². The summed E-state index contributed by atoms with van der Waals surface area (Å²) < 4.78 is 42.3. The average Bonchev–Trinajstić information content (AvgIpc) is 2.90. The molecule has 2 aliphatic rings. The fraction of sp³-hybridized carbons (Fsp3) is 0.393. The Bertz CT molecular complexity index is 1530. The van der Waals surface area contributed by atoms with Crippen LogP contribution < -0.4 is 15.2 Å². The predicted molar refractivity (Wildman–Crippen MR) is 147 cm³/mol. The van der Waals surface area contributed by atoms with Crippen molar-refractivity contribution < 1.29 is 27.6 Å². The number of benzene rings is 2. The van der Waals surface area contributed by atoms with Crippen LogP contribution in [0, 0.1) is 6.92 Å². The van der Waals surface area contributed by atoms with Crippen molar-refractivity contribution in [1.82, 2.24) is 9.55 Å². The molecule has 1 aliphatic heterocycles. The number of rotatable bonds is 5. The highest BCUT2D eigenvalue weighted by Crippen LogP contribution is 2.44. The molecule has 0 saturated heterocycles. The minimum atomic E-state index is -4.02. The van der Waals surface area contributed by atoms with Gasteiger partial charge in [-0.05, 0) is 62.9 Å². The summed E-state index contributed by atoms with van der Waals surface area (Å²) in [6.07, 6.45) is 5.27. The van der Waals surface area contributed by atoms with Crippen molar-refractivity contribution in [2.45, 2.75) is 56.1 Å². The van der Waals surface area contributed by atoms with Gasteiger partial charge in [-0.2, -0.15) is 8.42 Å². The summed E-state index contributed by atoms with van der Waals surface area (Å²) in [7, 11) is -0.721. The van der Waals surface area contributed by atoms with Gasteiger partial charge < -0.3 is 19.1 Å². The second-order valence-electron chi connectivity index (χ2n) is 9.67. The first-order valence-electron chi connectivity index (χ1n) is 12.7. The number of aromatic nitrogens is 2. The van der Waals surface area contributed by atoms with Gasteiger partial charge in [0.1, 0.15) is 0 Å². The highest BCUT2D eigenvalue weighted by Gasteiger charge is 2.37. The Morgan fingerprint density at radius 2 is 1.85 bits per heavy atom. The van der Waals surface area contributed by atoms with Gasteiger partial charge in [-0.25, -0.2) is 9.78 Å².